The van der Waals surface area contributed by atoms with Gasteiger partial charge in [-0.15, -0.1) is 0 Å². The third kappa shape index (κ3) is 2.12. The van der Waals surface area contributed by atoms with Crippen LogP contribution in [0.5, 0.6) is 0 Å². The van der Waals surface area contributed by atoms with E-state index in [2.05, 4.69) is 53.9 Å². The van der Waals surface area contributed by atoms with Crippen LogP contribution in [0.3, 0.4) is 0 Å². The molecule has 1 aliphatic heterocycles. The van der Waals surface area contributed by atoms with Crippen molar-refractivity contribution < 1.29 is 9.59 Å². The second-order valence-corrected chi connectivity index (χ2v) is 6.28. The van der Waals surface area contributed by atoms with Gasteiger partial charge in [-0.1, -0.05) is 30.3 Å². The standard InChI is InChI=1S/C16H21N3O2/c1-19(2)16(12-6-4-3-5-7-12)10-8-15(9-11-16)13(20)17-14(21)18-15/h3-7H,8-11H2,1-2H3,(H2,17,18,20,21)/t15-,16-. The predicted octanol–water partition coefficient (Wildman–Crippen LogP) is 1.60. The van der Waals surface area contributed by atoms with Gasteiger partial charge < -0.3 is 5.32 Å². The molecule has 5 heteroatoms. The summed E-state index contributed by atoms with van der Waals surface area (Å²) in [5.41, 5.74) is 0.500. The molecule has 0 bridgehead atoms. The fourth-order valence-corrected chi connectivity index (χ4v) is 3.71. The molecule has 112 valence electrons. The monoisotopic (exact) mass is 287 g/mol. The Morgan fingerprint density at radius 2 is 1.62 bits per heavy atom. The number of amides is 3. The molecule has 1 aliphatic carbocycles. The number of hydrogen-bond acceptors (Lipinski definition) is 3. The molecule has 1 heterocycles. The van der Waals surface area contributed by atoms with E-state index in [0.717, 1.165) is 12.8 Å². The van der Waals surface area contributed by atoms with Gasteiger partial charge in [0.05, 0.1) is 0 Å². The highest BCUT2D eigenvalue weighted by Crippen LogP contribution is 2.45. The Bertz CT molecular complexity index is 560. The van der Waals surface area contributed by atoms with Crippen LogP contribution in [0, 0.1) is 0 Å². The molecule has 0 unspecified atom stereocenters. The first-order valence-electron chi connectivity index (χ1n) is 7.35. The summed E-state index contributed by atoms with van der Waals surface area (Å²) in [6.07, 6.45) is 3.02. The number of urea groups is 1. The van der Waals surface area contributed by atoms with E-state index in [0.29, 0.717) is 12.8 Å². The minimum absolute atomic E-state index is 0.0693. The quantitative estimate of drug-likeness (QED) is 0.812. The van der Waals surface area contributed by atoms with Gasteiger partial charge in [0.15, 0.2) is 0 Å². The van der Waals surface area contributed by atoms with Crippen LogP contribution in [0.25, 0.3) is 0 Å². The summed E-state index contributed by atoms with van der Waals surface area (Å²) in [7, 11) is 4.16. The van der Waals surface area contributed by atoms with Gasteiger partial charge in [-0.3, -0.25) is 15.0 Å². The summed E-state index contributed by atoms with van der Waals surface area (Å²) in [6, 6.07) is 10.0. The molecule has 2 fully saturated rings. The van der Waals surface area contributed by atoms with E-state index in [1.54, 1.807) is 0 Å². The molecule has 2 aliphatic rings. The molecule has 1 spiro atoms. The Hall–Kier alpha value is -1.88. The lowest BCUT2D eigenvalue weighted by Gasteiger charge is -2.47. The van der Waals surface area contributed by atoms with Crippen LogP contribution in [0.4, 0.5) is 4.79 Å². The van der Waals surface area contributed by atoms with Crippen LogP contribution in [0.2, 0.25) is 0 Å². The van der Waals surface area contributed by atoms with Crippen LogP contribution < -0.4 is 10.6 Å². The molecule has 0 radical (unpaired) electrons. The van der Waals surface area contributed by atoms with Crippen molar-refractivity contribution in [3.63, 3.8) is 0 Å². The first-order valence-corrected chi connectivity index (χ1v) is 7.35. The van der Waals surface area contributed by atoms with Crippen molar-refractivity contribution >= 4 is 11.9 Å². The van der Waals surface area contributed by atoms with Gasteiger partial charge in [-0.2, -0.15) is 0 Å². The molecule has 3 rings (SSSR count). The SMILES string of the molecule is CN(C)[C@]1(c2ccccc2)CC[C@]2(CC1)NC(=O)NC2=O. The Kier molecular flexibility index (Phi) is 3.24. The van der Waals surface area contributed by atoms with Crippen molar-refractivity contribution in [1.82, 2.24) is 15.5 Å². The fourth-order valence-electron chi connectivity index (χ4n) is 3.71. The second kappa shape index (κ2) is 4.84. The Labute approximate surface area is 124 Å². The smallest absolute Gasteiger partial charge is 0.322 e. The summed E-state index contributed by atoms with van der Waals surface area (Å²) < 4.78 is 0. The molecular weight excluding hydrogens is 266 g/mol. The van der Waals surface area contributed by atoms with Crippen molar-refractivity contribution in [2.75, 3.05) is 14.1 Å². The van der Waals surface area contributed by atoms with Crippen LogP contribution >= 0.6 is 0 Å². The largest absolute Gasteiger partial charge is 0.323 e. The lowest BCUT2D eigenvalue weighted by Crippen LogP contribution is -2.55. The first-order chi connectivity index (χ1) is 9.98. The summed E-state index contributed by atoms with van der Waals surface area (Å²) in [6.45, 7) is 0. The fraction of sp³-hybridized carbons (Fsp3) is 0.500. The number of nitrogens with one attached hydrogen (secondary N) is 2. The number of nitrogens with zero attached hydrogens (tertiary/aromatic N) is 1. The van der Waals surface area contributed by atoms with Crippen molar-refractivity contribution in [2.24, 2.45) is 0 Å². The molecule has 21 heavy (non-hydrogen) atoms. The van der Waals surface area contributed by atoms with Gasteiger partial charge in [0.1, 0.15) is 5.54 Å². The molecule has 1 saturated heterocycles. The molecular formula is C16H21N3O2. The Balaban J connectivity index is 1.88. The van der Waals surface area contributed by atoms with Crippen molar-refractivity contribution in [2.45, 2.75) is 36.8 Å². The maximum absolute atomic E-state index is 12.1. The van der Waals surface area contributed by atoms with E-state index in [4.69, 9.17) is 0 Å². The predicted molar refractivity (Wildman–Crippen MR) is 79.7 cm³/mol. The molecule has 2 N–H and O–H groups in total. The van der Waals surface area contributed by atoms with Crippen LogP contribution in [0.15, 0.2) is 30.3 Å². The molecule has 1 aromatic carbocycles. The summed E-state index contributed by atoms with van der Waals surface area (Å²) >= 11 is 0. The highest BCUT2D eigenvalue weighted by molar-refractivity contribution is 6.07. The minimum atomic E-state index is -0.703. The van der Waals surface area contributed by atoms with E-state index in [9.17, 15) is 9.59 Å². The number of hydrogen-bond donors (Lipinski definition) is 2. The highest BCUT2D eigenvalue weighted by Gasteiger charge is 2.52. The highest BCUT2D eigenvalue weighted by atomic mass is 16.2. The zero-order chi connectivity index (χ0) is 15.1. The van der Waals surface area contributed by atoms with E-state index in [1.807, 2.05) is 6.07 Å². The second-order valence-electron chi connectivity index (χ2n) is 6.28. The van der Waals surface area contributed by atoms with Gasteiger partial charge in [0.25, 0.3) is 5.91 Å². The third-order valence-electron chi connectivity index (χ3n) is 5.11. The number of carbonyl (C=O) groups is 2. The molecule has 0 atom stereocenters. The molecule has 1 aromatic rings. The van der Waals surface area contributed by atoms with Gasteiger partial charge in [0, 0.05) is 5.54 Å². The summed E-state index contributed by atoms with van der Waals surface area (Å²) in [5, 5.41) is 5.20. The van der Waals surface area contributed by atoms with E-state index in [-0.39, 0.29) is 17.5 Å². The van der Waals surface area contributed by atoms with Crippen molar-refractivity contribution in [1.29, 1.82) is 0 Å². The van der Waals surface area contributed by atoms with E-state index in [1.165, 1.54) is 5.56 Å². The normalized spacial score (nSPS) is 32.3. The van der Waals surface area contributed by atoms with Gasteiger partial charge >= 0.3 is 6.03 Å². The lowest BCUT2D eigenvalue weighted by atomic mass is 9.68. The zero-order valence-corrected chi connectivity index (χ0v) is 12.5. The molecule has 0 aromatic heterocycles. The van der Waals surface area contributed by atoms with Gasteiger partial charge in [-0.25, -0.2) is 4.79 Å². The number of imide groups is 1. The van der Waals surface area contributed by atoms with Crippen molar-refractivity contribution in [3.05, 3.63) is 35.9 Å². The van der Waals surface area contributed by atoms with Gasteiger partial charge in [0.2, 0.25) is 0 Å². The third-order valence-corrected chi connectivity index (χ3v) is 5.11. The molecule has 5 nitrogen and oxygen atoms in total. The molecule has 1 saturated carbocycles. The summed E-state index contributed by atoms with van der Waals surface area (Å²) in [5.74, 6) is -0.173. The topological polar surface area (TPSA) is 61.4 Å². The summed E-state index contributed by atoms with van der Waals surface area (Å²) in [4.78, 5) is 25.7. The average molecular weight is 287 g/mol. The van der Waals surface area contributed by atoms with Crippen LogP contribution in [-0.4, -0.2) is 36.5 Å². The zero-order valence-electron chi connectivity index (χ0n) is 12.5. The Morgan fingerprint density at radius 1 is 1.00 bits per heavy atom. The Morgan fingerprint density at radius 3 is 2.10 bits per heavy atom. The minimum Gasteiger partial charge on any atom is -0.323 e. The lowest BCUT2D eigenvalue weighted by molar-refractivity contribution is -0.126. The first kappa shape index (κ1) is 14.1. The van der Waals surface area contributed by atoms with E-state index >= 15 is 0 Å². The van der Waals surface area contributed by atoms with Crippen LogP contribution in [0.1, 0.15) is 31.2 Å². The van der Waals surface area contributed by atoms with Gasteiger partial charge in [-0.05, 0) is 45.3 Å². The number of rotatable bonds is 2. The molecule has 3 amide bonds. The number of benzene rings is 1. The number of carbonyl (C=O) groups excluding carboxylic acids is 2. The average Bonchev–Trinajstić information content (AvgIpc) is 2.75. The maximum Gasteiger partial charge on any atom is 0.322 e. The maximum atomic E-state index is 12.1. The van der Waals surface area contributed by atoms with Crippen LogP contribution in [-0.2, 0) is 10.3 Å². The van der Waals surface area contributed by atoms with E-state index < -0.39 is 5.54 Å². The van der Waals surface area contributed by atoms with Crippen molar-refractivity contribution in [3.8, 4) is 0 Å².